The van der Waals surface area contributed by atoms with Gasteiger partial charge in [-0.1, -0.05) is 11.6 Å². The van der Waals surface area contributed by atoms with Crippen LogP contribution in [0.25, 0.3) is 0 Å². The minimum Gasteiger partial charge on any atom is -0.484 e. The maximum absolute atomic E-state index is 12.5. The molecule has 0 fully saturated rings. The number of pyridine rings is 1. The van der Waals surface area contributed by atoms with Crippen molar-refractivity contribution in [2.24, 2.45) is 0 Å². The molecule has 4 nitrogen and oxygen atoms in total. The molecule has 1 aromatic carbocycles. The van der Waals surface area contributed by atoms with Crippen LogP contribution in [0.5, 0.6) is 17.4 Å². The summed E-state index contributed by atoms with van der Waals surface area (Å²) >= 11 is 10.9. The second-order valence-corrected chi connectivity index (χ2v) is 5.05. The first-order valence-corrected chi connectivity index (χ1v) is 6.83. The van der Waals surface area contributed by atoms with E-state index in [0.717, 1.165) is 6.07 Å². The number of rotatable bonds is 5. The summed E-state index contributed by atoms with van der Waals surface area (Å²) in [5, 5.41) is -0.918. The molecule has 1 heterocycles. The Hall–Kier alpha value is -1.99. The van der Waals surface area contributed by atoms with Crippen molar-refractivity contribution in [1.29, 1.82) is 0 Å². The van der Waals surface area contributed by atoms with Crippen molar-refractivity contribution in [3.63, 3.8) is 0 Å². The molecular weight excluding hydrogens is 358 g/mol. The first kappa shape index (κ1) is 17.4. The fourth-order valence-electron chi connectivity index (χ4n) is 1.51. The molecule has 0 atom stereocenters. The maximum atomic E-state index is 12.5. The highest BCUT2D eigenvalue weighted by Crippen LogP contribution is 2.34. The van der Waals surface area contributed by atoms with Gasteiger partial charge in [0.2, 0.25) is 5.88 Å². The van der Waals surface area contributed by atoms with E-state index in [1.165, 1.54) is 24.3 Å². The van der Waals surface area contributed by atoms with Crippen molar-refractivity contribution in [3.8, 4) is 17.4 Å². The molecule has 2 rings (SSSR count). The van der Waals surface area contributed by atoms with Crippen LogP contribution in [-0.4, -0.2) is 16.8 Å². The Labute approximate surface area is 138 Å². The fourth-order valence-corrected chi connectivity index (χ4v) is 1.77. The molecule has 0 amide bonds. The van der Waals surface area contributed by atoms with Crippen molar-refractivity contribution in [2.75, 3.05) is 6.61 Å². The van der Waals surface area contributed by atoms with Crippen molar-refractivity contribution >= 4 is 28.4 Å². The van der Waals surface area contributed by atoms with Gasteiger partial charge in [0.05, 0.1) is 5.56 Å². The zero-order valence-corrected chi connectivity index (χ0v) is 12.7. The maximum Gasteiger partial charge on any atom is 0.417 e. The standard InChI is InChI=1S/C14H8Cl2F3NO3/c15-11-5-8(14(17,18)19)6-20-13(11)23-10-3-1-9(2-4-10)22-7-12(16)21/h1-6H,7H2. The summed E-state index contributed by atoms with van der Waals surface area (Å²) in [7, 11) is 0. The molecule has 2 aromatic rings. The molecule has 9 heteroatoms. The molecule has 0 aliphatic rings. The highest BCUT2D eigenvalue weighted by Gasteiger charge is 2.31. The summed E-state index contributed by atoms with van der Waals surface area (Å²) in [5.41, 5.74) is -0.968. The van der Waals surface area contributed by atoms with Gasteiger partial charge in [-0.3, -0.25) is 4.79 Å². The van der Waals surface area contributed by atoms with Crippen LogP contribution in [0.15, 0.2) is 36.5 Å². The number of carbonyl (C=O) groups is 1. The number of nitrogens with zero attached hydrogens (tertiary/aromatic N) is 1. The van der Waals surface area contributed by atoms with E-state index in [1.54, 1.807) is 0 Å². The van der Waals surface area contributed by atoms with E-state index in [0.29, 0.717) is 11.9 Å². The number of ether oxygens (including phenoxy) is 2. The molecule has 0 saturated carbocycles. The van der Waals surface area contributed by atoms with E-state index in [9.17, 15) is 18.0 Å². The third-order valence-corrected chi connectivity index (χ3v) is 2.91. The zero-order chi connectivity index (χ0) is 17.0. The number of carbonyl (C=O) groups excluding carboxylic acids is 1. The molecule has 0 N–H and O–H groups in total. The van der Waals surface area contributed by atoms with E-state index in [4.69, 9.17) is 32.7 Å². The molecule has 0 aliphatic heterocycles. The summed E-state index contributed by atoms with van der Waals surface area (Å²) in [6.45, 7) is -0.284. The third-order valence-electron chi connectivity index (χ3n) is 2.53. The van der Waals surface area contributed by atoms with Gasteiger partial charge in [-0.25, -0.2) is 4.98 Å². The normalized spacial score (nSPS) is 11.2. The van der Waals surface area contributed by atoms with Gasteiger partial charge in [0.1, 0.15) is 16.5 Å². The summed E-state index contributed by atoms with van der Waals surface area (Å²) in [5.74, 6) is 0.491. The second kappa shape index (κ2) is 7.06. The molecule has 0 unspecified atom stereocenters. The highest BCUT2D eigenvalue weighted by atomic mass is 35.5. The SMILES string of the molecule is O=C(Cl)COc1ccc(Oc2ncc(C(F)(F)F)cc2Cl)cc1. The van der Waals surface area contributed by atoms with Crippen molar-refractivity contribution < 1.29 is 27.4 Å². The molecular formula is C14H8Cl2F3NO3. The van der Waals surface area contributed by atoms with E-state index in [2.05, 4.69) is 4.98 Å². The van der Waals surface area contributed by atoms with Gasteiger partial charge < -0.3 is 9.47 Å². The molecule has 122 valence electrons. The fraction of sp³-hybridized carbons (Fsp3) is 0.143. The van der Waals surface area contributed by atoms with Crippen molar-refractivity contribution in [3.05, 3.63) is 47.1 Å². The Morgan fingerprint density at radius 3 is 2.30 bits per heavy atom. The first-order valence-electron chi connectivity index (χ1n) is 6.07. The topological polar surface area (TPSA) is 48.4 Å². The Morgan fingerprint density at radius 1 is 1.17 bits per heavy atom. The molecule has 0 spiro atoms. The van der Waals surface area contributed by atoms with Crippen LogP contribution < -0.4 is 9.47 Å². The van der Waals surface area contributed by atoms with Gasteiger partial charge >= 0.3 is 6.18 Å². The van der Waals surface area contributed by atoms with E-state index in [1.807, 2.05) is 0 Å². The average Bonchev–Trinajstić information content (AvgIpc) is 2.47. The molecule has 0 saturated heterocycles. The lowest BCUT2D eigenvalue weighted by molar-refractivity contribution is -0.137. The van der Waals surface area contributed by atoms with Crippen LogP contribution in [0.2, 0.25) is 5.02 Å². The lowest BCUT2D eigenvalue weighted by Crippen LogP contribution is -2.05. The van der Waals surface area contributed by atoms with E-state index < -0.39 is 17.0 Å². The zero-order valence-electron chi connectivity index (χ0n) is 11.2. The van der Waals surface area contributed by atoms with Gasteiger partial charge in [-0.05, 0) is 41.9 Å². The van der Waals surface area contributed by atoms with Crippen molar-refractivity contribution in [1.82, 2.24) is 4.98 Å². The van der Waals surface area contributed by atoms with Gasteiger partial charge in [0.15, 0.2) is 6.61 Å². The Morgan fingerprint density at radius 2 is 1.78 bits per heavy atom. The van der Waals surface area contributed by atoms with E-state index in [-0.39, 0.29) is 23.3 Å². The van der Waals surface area contributed by atoms with E-state index >= 15 is 0 Å². The summed E-state index contributed by atoms with van der Waals surface area (Å²) < 4.78 is 47.9. The number of halogens is 5. The van der Waals surface area contributed by atoms with Crippen LogP contribution in [0.3, 0.4) is 0 Å². The van der Waals surface area contributed by atoms with Crippen LogP contribution >= 0.6 is 23.2 Å². The number of benzene rings is 1. The summed E-state index contributed by atoms with van der Waals surface area (Å²) in [6, 6.07) is 6.67. The van der Waals surface area contributed by atoms with Crippen molar-refractivity contribution in [2.45, 2.75) is 6.18 Å². The van der Waals surface area contributed by atoms with Crippen LogP contribution in [0, 0.1) is 0 Å². The van der Waals surface area contributed by atoms with Gasteiger partial charge in [-0.15, -0.1) is 0 Å². The van der Waals surface area contributed by atoms with Gasteiger partial charge in [0.25, 0.3) is 5.24 Å². The molecule has 0 bridgehead atoms. The van der Waals surface area contributed by atoms with Gasteiger partial charge in [-0.2, -0.15) is 13.2 Å². The monoisotopic (exact) mass is 365 g/mol. The predicted molar refractivity (Wildman–Crippen MR) is 77.1 cm³/mol. The van der Waals surface area contributed by atoms with Crippen LogP contribution in [0.4, 0.5) is 13.2 Å². The quantitative estimate of drug-likeness (QED) is 0.721. The Kier molecular flexibility index (Phi) is 5.33. The highest BCUT2D eigenvalue weighted by molar-refractivity contribution is 6.63. The number of hydrogen-bond donors (Lipinski definition) is 0. The Balaban J connectivity index is 2.09. The summed E-state index contributed by atoms with van der Waals surface area (Å²) in [6.07, 6.45) is -3.90. The third kappa shape index (κ3) is 5.01. The Bertz CT molecular complexity index is 705. The molecule has 23 heavy (non-hydrogen) atoms. The largest absolute Gasteiger partial charge is 0.484 e. The molecule has 0 aliphatic carbocycles. The summed E-state index contributed by atoms with van der Waals surface area (Å²) in [4.78, 5) is 14.1. The lowest BCUT2D eigenvalue weighted by Gasteiger charge is -2.10. The van der Waals surface area contributed by atoms with Gasteiger partial charge in [0, 0.05) is 6.20 Å². The number of alkyl halides is 3. The number of hydrogen-bond acceptors (Lipinski definition) is 4. The van der Waals surface area contributed by atoms with Crippen LogP contribution in [-0.2, 0) is 11.0 Å². The smallest absolute Gasteiger partial charge is 0.417 e. The number of aromatic nitrogens is 1. The molecule has 0 radical (unpaired) electrons. The minimum atomic E-state index is -4.53. The van der Waals surface area contributed by atoms with Crippen LogP contribution in [0.1, 0.15) is 5.56 Å². The molecule has 1 aromatic heterocycles. The predicted octanol–water partition coefficient (Wildman–Crippen LogP) is 4.69. The lowest BCUT2D eigenvalue weighted by atomic mass is 10.3. The second-order valence-electron chi connectivity index (χ2n) is 4.23. The first-order chi connectivity index (χ1) is 10.8. The average molecular weight is 366 g/mol. The minimum absolute atomic E-state index is 0.163.